The normalized spacial score (nSPS) is 13.8. The lowest BCUT2D eigenvalue weighted by atomic mass is 9.99. The quantitative estimate of drug-likeness (QED) is 0.629. The van der Waals surface area contributed by atoms with Gasteiger partial charge in [0.1, 0.15) is 11.7 Å². The van der Waals surface area contributed by atoms with Gasteiger partial charge in [0.15, 0.2) is 0 Å². The van der Waals surface area contributed by atoms with Crippen LogP contribution in [0, 0.1) is 5.92 Å². The Bertz CT molecular complexity index is 434. The summed E-state index contributed by atoms with van der Waals surface area (Å²) in [6.07, 6.45) is 2.19. The van der Waals surface area contributed by atoms with Crippen molar-refractivity contribution in [2.45, 2.75) is 6.10 Å². The van der Waals surface area contributed by atoms with Crippen LogP contribution in [0.25, 0.3) is 6.08 Å². The highest BCUT2D eigenvalue weighted by molar-refractivity contribution is 5.76. The Balaban J connectivity index is 2.83. The largest absolute Gasteiger partial charge is 0.501 e. The standard InChI is InChI=1S/C15H18O4/c1-11(18-2)14(15(17)19-3)13(16)10-9-12-7-5-4-6-8-12/h4-10,13-14,16H,1H2,2-3H3/b10-9+/t13-,14+/m0/s1. The summed E-state index contributed by atoms with van der Waals surface area (Å²) in [6, 6.07) is 9.46. The van der Waals surface area contributed by atoms with Gasteiger partial charge in [0.2, 0.25) is 0 Å². The smallest absolute Gasteiger partial charge is 0.319 e. The highest BCUT2D eigenvalue weighted by atomic mass is 16.5. The molecular formula is C15H18O4. The third kappa shape index (κ3) is 4.26. The molecule has 4 heteroatoms. The van der Waals surface area contributed by atoms with E-state index in [-0.39, 0.29) is 5.76 Å². The van der Waals surface area contributed by atoms with Crippen molar-refractivity contribution in [1.29, 1.82) is 0 Å². The Kier molecular flexibility index (Phi) is 5.82. The number of carbonyl (C=O) groups excluding carboxylic acids is 1. The van der Waals surface area contributed by atoms with Gasteiger partial charge < -0.3 is 14.6 Å². The topological polar surface area (TPSA) is 55.8 Å². The number of methoxy groups -OCH3 is 2. The van der Waals surface area contributed by atoms with Crippen LogP contribution in [-0.2, 0) is 14.3 Å². The SMILES string of the molecule is C=C(OC)[C@@H](C(=O)OC)[C@@H](O)/C=C/c1ccccc1. The lowest BCUT2D eigenvalue weighted by molar-refractivity contribution is -0.148. The van der Waals surface area contributed by atoms with Crippen LogP contribution in [-0.4, -0.2) is 31.4 Å². The summed E-state index contributed by atoms with van der Waals surface area (Å²) in [4.78, 5) is 11.6. The summed E-state index contributed by atoms with van der Waals surface area (Å²) in [7, 11) is 2.65. The Labute approximate surface area is 113 Å². The molecule has 0 aromatic heterocycles. The predicted molar refractivity (Wildman–Crippen MR) is 73.1 cm³/mol. The Morgan fingerprint density at radius 3 is 2.42 bits per heavy atom. The molecule has 2 atom stereocenters. The van der Waals surface area contributed by atoms with Crippen molar-refractivity contribution in [1.82, 2.24) is 0 Å². The minimum absolute atomic E-state index is 0.164. The third-order valence-electron chi connectivity index (χ3n) is 2.69. The van der Waals surface area contributed by atoms with Crippen molar-refractivity contribution in [2.24, 2.45) is 5.92 Å². The first-order valence-electron chi connectivity index (χ1n) is 5.82. The van der Waals surface area contributed by atoms with Crippen LogP contribution in [0.2, 0.25) is 0 Å². The first-order valence-corrected chi connectivity index (χ1v) is 5.82. The van der Waals surface area contributed by atoms with E-state index < -0.39 is 18.0 Å². The van der Waals surface area contributed by atoms with E-state index in [0.29, 0.717) is 0 Å². The summed E-state index contributed by atoms with van der Waals surface area (Å²) in [5.74, 6) is -1.36. The van der Waals surface area contributed by atoms with Crippen molar-refractivity contribution in [3.8, 4) is 0 Å². The summed E-state index contributed by atoms with van der Waals surface area (Å²) in [6.45, 7) is 3.60. The fraction of sp³-hybridized carbons (Fsp3) is 0.267. The van der Waals surface area contributed by atoms with Crippen molar-refractivity contribution >= 4 is 12.0 Å². The summed E-state index contributed by atoms with van der Waals surface area (Å²) < 4.78 is 9.55. The Hall–Kier alpha value is -2.07. The molecule has 1 aromatic carbocycles. The van der Waals surface area contributed by atoms with Crippen molar-refractivity contribution in [2.75, 3.05) is 14.2 Å². The highest BCUT2D eigenvalue weighted by Gasteiger charge is 2.29. The van der Waals surface area contributed by atoms with Crippen LogP contribution in [0.5, 0.6) is 0 Å². The van der Waals surface area contributed by atoms with Gasteiger partial charge in [0.05, 0.1) is 20.3 Å². The van der Waals surface area contributed by atoms with E-state index in [0.717, 1.165) is 5.56 Å². The Morgan fingerprint density at radius 2 is 1.89 bits per heavy atom. The van der Waals surface area contributed by atoms with E-state index in [1.165, 1.54) is 20.3 Å². The van der Waals surface area contributed by atoms with E-state index in [1.54, 1.807) is 6.08 Å². The fourth-order valence-electron chi connectivity index (χ4n) is 1.60. The molecule has 0 saturated heterocycles. The van der Waals surface area contributed by atoms with Gasteiger partial charge in [0.25, 0.3) is 0 Å². The molecule has 1 N–H and O–H groups in total. The van der Waals surface area contributed by atoms with E-state index in [9.17, 15) is 9.90 Å². The third-order valence-corrected chi connectivity index (χ3v) is 2.69. The zero-order chi connectivity index (χ0) is 14.3. The minimum Gasteiger partial charge on any atom is -0.501 e. The van der Waals surface area contributed by atoms with Gasteiger partial charge in [-0.2, -0.15) is 0 Å². The second kappa shape index (κ2) is 7.38. The molecule has 102 valence electrons. The molecule has 0 bridgehead atoms. The molecule has 0 aliphatic carbocycles. The number of aliphatic hydroxyl groups is 1. The molecule has 1 aromatic rings. The van der Waals surface area contributed by atoms with Crippen molar-refractivity contribution in [3.63, 3.8) is 0 Å². The molecule has 0 radical (unpaired) electrons. The van der Waals surface area contributed by atoms with E-state index in [1.807, 2.05) is 30.3 Å². The second-order valence-corrected chi connectivity index (χ2v) is 3.93. The molecule has 0 aliphatic rings. The molecule has 0 unspecified atom stereocenters. The summed E-state index contributed by atoms with van der Waals surface area (Å²) >= 11 is 0. The van der Waals surface area contributed by atoms with Crippen LogP contribution in [0.1, 0.15) is 5.56 Å². The van der Waals surface area contributed by atoms with E-state index in [2.05, 4.69) is 11.3 Å². The molecular weight excluding hydrogens is 244 g/mol. The number of hydrogen-bond acceptors (Lipinski definition) is 4. The highest BCUT2D eigenvalue weighted by Crippen LogP contribution is 2.18. The maximum absolute atomic E-state index is 11.6. The summed E-state index contributed by atoms with van der Waals surface area (Å²) in [5.41, 5.74) is 0.924. The Morgan fingerprint density at radius 1 is 1.26 bits per heavy atom. The number of esters is 1. The lowest BCUT2D eigenvalue weighted by Gasteiger charge is -2.19. The fourth-order valence-corrected chi connectivity index (χ4v) is 1.60. The molecule has 4 nitrogen and oxygen atoms in total. The van der Waals surface area contributed by atoms with Gasteiger partial charge in [-0.05, 0) is 5.56 Å². The van der Waals surface area contributed by atoms with Gasteiger partial charge in [-0.1, -0.05) is 49.1 Å². The van der Waals surface area contributed by atoms with Crippen LogP contribution < -0.4 is 0 Å². The average Bonchev–Trinajstić information content (AvgIpc) is 2.45. The zero-order valence-electron chi connectivity index (χ0n) is 11.1. The van der Waals surface area contributed by atoms with Crippen molar-refractivity contribution < 1.29 is 19.4 Å². The number of carbonyl (C=O) groups is 1. The number of hydrogen-bond donors (Lipinski definition) is 1. The monoisotopic (exact) mass is 262 g/mol. The first-order chi connectivity index (χ1) is 9.10. The average molecular weight is 262 g/mol. The predicted octanol–water partition coefficient (Wildman–Crippen LogP) is 2.01. The number of benzene rings is 1. The molecule has 0 heterocycles. The van der Waals surface area contributed by atoms with Crippen LogP contribution in [0.4, 0.5) is 0 Å². The first kappa shape index (κ1) is 15.0. The minimum atomic E-state index is -1.06. The van der Waals surface area contributed by atoms with Crippen LogP contribution in [0.15, 0.2) is 48.7 Å². The summed E-state index contributed by atoms with van der Waals surface area (Å²) in [5, 5.41) is 10.0. The molecule has 0 aliphatic heterocycles. The maximum Gasteiger partial charge on any atom is 0.319 e. The van der Waals surface area contributed by atoms with Gasteiger partial charge in [0, 0.05) is 0 Å². The van der Waals surface area contributed by atoms with Gasteiger partial charge in [-0.15, -0.1) is 0 Å². The molecule has 0 saturated carbocycles. The lowest BCUT2D eigenvalue weighted by Crippen LogP contribution is -2.30. The van der Waals surface area contributed by atoms with E-state index >= 15 is 0 Å². The van der Waals surface area contributed by atoms with Gasteiger partial charge in [-0.25, -0.2) is 0 Å². The number of rotatable bonds is 6. The van der Waals surface area contributed by atoms with Crippen molar-refractivity contribution in [3.05, 3.63) is 54.3 Å². The molecule has 1 rings (SSSR count). The second-order valence-electron chi connectivity index (χ2n) is 3.93. The van der Waals surface area contributed by atoms with E-state index in [4.69, 9.17) is 4.74 Å². The number of ether oxygens (including phenoxy) is 2. The van der Waals surface area contributed by atoms with Crippen LogP contribution >= 0.6 is 0 Å². The zero-order valence-corrected chi connectivity index (χ0v) is 11.1. The molecule has 19 heavy (non-hydrogen) atoms. The van der Waals surface area contributed by atoms with Gasteiger partial charge in [-0.3, -0.25) is 4.79 Å². The maximum atomic E-state index is 11.6. The molecule has 0 amide bonds. The number of aliphatic hydroxyl groups excluding tert-OH is 1. The van der Waals surface area contributed by atoms with Gasteiger partial charge >= 0.3 is 5.97 Å². The molecule has 0 spiro atoms. The molecule has 0 fully saturated rings. The van der Waals surface area contributed by atoms with Crippen LogP contribution in [0.3, 0.4) is 0 Å².